The number of hydrogen-bond donors (Lipinski definition) is 0. The van der Waals surface area contributed by atoms with Crippen molar-refractivity contribution in [2.75, 3.05) is 7.11 Å². The molecular formula is C14H12N2O4. The van der Waals surface area contributed by atoms with Gasteiger partial charge >= 0.3 is 5.97 Å². The average molecular weight is 272 g/mol. The fraction of sp³-hybridized carbons (Fsp3) is 0.214. The second-order valence-corrected chi connectivity index (χ2v) is 4.43. The van der Waals surface area contributed by atoms with Crippen LogP contribution in [-0.2, 0) is 9.53 Å². The normalized spacial score (nSPS) is 12.7. The molecule has 0 bridgehead atoms. The van der Waals surface area contributed by atoms with Crippen molar-refractivity contribution in [1.82, 2.24) is 9.55 Å². The summed E-state index contributed by atoms with van der Waals surface area (Å²) in [5.41, 5.74) is 0.836. The number of para-hydroxylation sites is 1. The van der Waals surface area contributed by atoms with Crippen molar-refractivity contribution < 1.29 is 13.9 Å². The van der Waals surface area contributed by atoms with Gasteiger partial charge in [-0.15, -0.1) is 0 Å². The van der Waals surface area contributed by atoms with Crippen LogP contribution in [-0.4, -0.2) is 22.6 Å². The fourth-order valence-corrected chi connectivity index (χ4v) is 2.15. The average Bonchev–Trinajstić information content (AvgIpc) is 2.86. The van der Waals surface area contributed by atoms with Crippen LogP contribution >= 0.6 is 0 Å². The second-order valence-electron chi connectivity index (χ2n) is 4.43. The summed E-state index contributed by atoms with van der Waals surface area (Å²) in [6, 6.07) is 6.52. The summed E-state index contributed by atoms with van der Waals surface area (Å²) in [4.78, 5) is 28.1. The van der Waals surface area contributed by atoms with Crippen molar-refractivity contribution >= 4 is 28.0 Å². The second kappa shape index (κ2) is 4.48. The molecule has 0 unspecified atom stereocenters. The summed E-state index contributed by atoms with van der Waals surface area (Å²) in [5.74, 6) is -0.510. The number of aromatic nitrogens is 2. The molecule has 0 aliphatic heterocycles. The predicted octanol–water partition coefficient (Wildman–Crippen LogP) is 1.88. The molecular weight excluding hydrogens is 260 g/mol. The SMILES string of the molecule is COC(=O)[C@@H](C)n1cnc2c(oc3ccccc32)c1=O. The standard InChI is InChI=1S/C14H12N2O4/c1-8(14(18)19-2)16-7-15-11-9-5-3-4-6-10(9)20-12(11)13(16)17/h3-8H,1-2H3/t8-/m1/s1. The van der Waals surface area contributed by atoms with Crippen LogP contribution < -0.4 is 5.56 Å². The van der Waals surface area contributed by atoms with E-state index in [9.17, 15) is 9.59 Å². The van der Waals surface area contributed by atoms with Gasteiger partial charge in [-0.25, -0.2) is 9.78 Å². The number of benzene rings is 1. The lowest BCUT2D eigenvalue weighted by Gasteiger charge is -2.11. The van der Waals surface area contributed by atoms with Gasteiger partial charge in [0.15, 0.2) is 0 Å². The van der Waals surface area contributed by atoms with Crippen LogP contribution in [0.5, 0.6) is 0 Å². The Hall–Kier alpha value is -2.63. The summed E-state index contributed by atoms with van der Waals surface area (Å²) in [6.45, 7) is 1.57. The third kappa shape index (κ3) is 1.69. The van der Waals surface area contributed by atoms with Gasteiger partial charge in [0.1, 0.15) is 17.1 Å². The molecule has 0 spiro atoms. The molecule has 0 radical (unpaired) electrons. The molecule has 6 heteroatoms. The van der Waals surface area contributed by atoms with Gasteiger partial charge in [0.05, 0.1) is 13.4 Å². The first-order chi connectivity index (χ1) is 9.63. The minimum atomic E-state index is -0.752. The van der Waals surface area contributed by atoms with E-state index in [2.05, 4.69) is 9.72 Å². The Morgan fingerprint density at radius 2 is 2.15 bits per heavy atom. The molecule has 2 heterocycles. The van der Waals surface area contributed by atoms with E-state index in [1.165, 1.54) is 18.0 Å². The zero-order valence-electron chi connectivity index (χ0n) is 11.0. The lowest BCUT2D eigenvalue weighted by Crippen LogP contribution is -2.28. The Morgan fingerprint density at radius 1 is 1.40 bits per heavy atom. The maximum Gasteiger partial charge on any atom is 0.328 e. The highest BCUT2D eigenvalue weighted by Gasteiger charge is 2.20. The Morgan fingerprint density at radius 3 is 2.90 bits per heavy atom. The Bertz CT molecular complexity index is 862. The van der Waals surface area contributed by atoms with Gasteiger partial charge in [-0.2, -0.15) is 0 Å². The summed E-state index contributed by atoms with van der Waals surface area (Å²) < 4.78 is 11.4. The lowest BCUT2D eigenvalue weighted by atomic mass is 10.2. The molecule has 0 aliphatic carbocycles. The van der Waals surface area contributed by atoms with E-state index in [0.29, 0.717) is 11.1 Å². The largest absolute Gasteiger partial charge is 0.467 e. The summed E-state index contributed by atoms with van der Waals surface area (Å²) >= 11 is 0. The third-order valence-electron chi connectivity index (χ3n) is 3.27. The van der Waals surface area contributed by atoms with Gasteiger partial charge in [0.25, 0.3) is 5.56 Å². The van der Waals surface area contributed by atoms with Gasteiger partial charge < -0.3 is 9.15 Å². The molecule has 0 fully saturated rings. The zero-order chi connectivity index (χ0) is 14.3. The van der Waals surface area contributed by atoms with E-state index in [1.54, 1.807) is 13.0 Å². The van der Waals surface area contributed by atoms with E-state index in [0.717, 1.165) is 5.39 Å². The number of esters is 1. The van der Waals surface area contributed by atoms with Crippen molar-refractivity contribution in [2.45, 2.75) is 13.0 Å². The van der Waals surface area contributed by atoms with Gasteiger partial charge in [0.2, 0.25) is 5.58 Å². The van der Waals surface area contributed by atoms with Crippen molar-refractivity contribution in [2.24, 2.45) is 0 Å². The zero-order valence-corrected chi connectivity index (χ0v) is 11.0. The van der Waals surface area contributed by atoms with Crippen LogP contribution in [0.25, 0.3) is 22.1 Å². The number of rotatable bonds is 2. The number of carbonyl (C=O) groups is 1. The number of hydrogen-bond acceptors (Lipinski definition) is 5. The first-order valence-electron chi connectivity index (χ1n) is 6.09. The molecule has 0 amide bonds. The number of ether oxygens (including phenoxy) is 1. The van der Waals surface area contributed by atoms with Gasteiger partial charge in [0, 0.05) is 5.39 Å². The van der Waals surface area contributed by atoms with E-state index < -0.39 is 17.6 Å². The van der Waals surface area contributed by atoms with Crippen LogP contribution in [0.15, 0.2) is 39.8 Å². The molecule has 0 saturated carbocycles. The molecule has 3 aromatic rings. The number of carbonyl (C=O) groups excluding carboxylic acids is 1. The molecule has 6 nitrogen and oxygen atoms in total. The minimum Gasteiger partial charge on any atom is -0.467 e. The lowest BCUT2D eigenvalue weighted by molar-refractivity contribution is -0.144. The van der Waals surface area contributed by atoms with Crippen molar-refractivity contribution in [3.63, 3.8) is 0 Å². The molecule has 1 atom stereocenters. The highest BCUT2D eigenvalue weighted by Crippen LogP contribution is 2.24. The van der Waals surface area contributed by atoms with Gasteiger partial charge in [-0.3, -0.25) is 9.36 Å². The quantitative estimate of drug-likeness (QED) is 0.666. The third-order valence-corrected chi connectivity index (χ3v) is 3.27. The van der Waals surface area contributed by atoms with Crippen molar-refractivity contribution in [3.8, 4) is 0 Å². The molecule has 3 rings (SSSR count). The fourth-order valence-electron chi connectivity index (χ4n) is 2.15. The number of nitrogens with zero attached hydrogens (tertiary/aromatic N) is 2. The highest BCUT2D eigenvalue weighted by molar-refractivity contribution is 6.01. The monoisotopic (exact) mass is 272 g/mol. The molecule has 0 aliphatic rings. The number of fused-ring (bicyclic) bond motifs is 3. The first-order valence-corrected chi connectivity index (χ1v) is 6.09. The van der Waals surface area contributed by atoms with Crippen molar-refractivity contribution in [3.05, 3.63) is 40.9 Å². The molecule has 0 N–H and O–H groups in total. The van der Waals surface area contributed by atoms with E-state index >= 15 is 0 Å². The van der Waals surface area contributed by atoms with Gasteiger partial charge in [-0.05, 0) is 19.1 Å². The van der Waals surface area contributed by atoms with Crippen molar-refractivity contribution in [1.29, 1.82) is 0 Å². The van der Waals surface area contributed by atoms with Crippen LogP contribution in [0.1, 0.15) is 13.0 Å². The summed E-state index contributed by atoms with van der Waals surface area (Å²) in [5, 5.41) is 0.775. The van der Waals surface area contributed by atoms with Gasteiger partial charge in [-0.1, -0.05) is 12.1 Å². The van der Waals surface area contributed by atoms with Crippen LogP contribution in [0, 0.1) is 0 Å². The van der Waals surface area contributed by atoms with Crippen LogP contribution in [0.4, 0.5) is 0 Å². The van der Waals surface area contributed by atoms with Crippen LogP contribution in [0.3, 0.4) is 0 Å². The molecule has 2 aromatic heterocycles. The number of methoxy groups -OCH3 is 1. The molecule has 0 saturated heterocycles. The van der Waals surface area contributed by atoms with E-state index in [-0.39, 0.29) is 5.58 Å². The van der Waals surface area contributed by atoms with E-state index in [4.69, 9.17) is 4.42 Å². The maximum absolute atomic E-state index is 12.4. The topological polar surface area (TPSA) is 74.3 Å². The Balaban J connectivity index is 2.28. The molecule has 102 valence electrons. The summed E-state index contributed by atoms with van der Waals surface area (Å²) in [6.07, 6.45) is 1.34. The first kappa shape index (κ1) is 12.4. The predicted molar refractivity (Wildman–Crippen MR) is 72.5 cm³/mol. The minimum absolute atomic E-state index is 0.143. The van der Waals surface area contributed by atoms with Crippen LogP contribution in [0.2, 0.25) is 0 Å². The highest BCUT2D eigenvalue weighted by atomic mass is 16.5. The summed E-state index contributed by atoms with van der Waals surface area (Å²) in [7, 11) is 1.27. The molecule has 1 aromatic carbocycles. The Labute approximate surface area is 113 Å². The maximum atomic E-state index is 12.4. The smallest absolute Gasteiger partial charge is 0.328 e. The Kier molecular flexibility index (Phi) is 2.78. The molecule has 20 heavy (non-hydrogen) atoms. The van der Waals surface area contributed by atoms with E-state index in [1.807, 2.05) is 18.2 Å². The number of furan rings is 1.